The highest BCUT2D eigenvalue weighted by Crippen LogP contribution is 2.27. The Morgan fingerprint density at radius 2 is 1.91 bits per heavy atom. The quantitative estimate of drug-likeness (QED) is 0.612. The second kappa shape index (κ2) is 10.3. The van der Waals surface area contributed by atoms with Crippen molar-refractivity contribution in [2.45, 2.75) is 51.4 Å². The van der Waals surface area contributed by atoms with Crippen LogP contribution in [-0.2, 0) is 11.3 Å². The summed E-state index contributed by atoms with van der Waals surface area (Å²) in [5, 5.41) is 0.433. The Kier molecular flexibility index (Phi) is 7.46. The molecule has 0 unspecified atom stereocenters. The largest absolute Gasteiger partial charge is 0.464 e. The first-order valence-electron chi connectivity index (χ1n) is 11.4. The van der Waals surface area contributed by atoms with Crippen molar-refractivity contribution in [1.82, 2.24) is 19.8 Å². The molecule has 0 radical (unpaired) electrons. The van der Waals surface area contributed by atoms with Gasteiger partial charge in [-0.1, -0.05) is 17.7 Å². The highest BCUT2D eigenvalue weighted by molar-refractivity contribution is 6.30. The van der Waals surface area contributed by atoms with Gasteiger partial charge in [0, 0.05) is 48.3 Å². The molecule has 3 heterocycles. The van der Waals surface area contributed by atoms with Crippen LogP contribution in [0.1, 0.15) is 42.7 Å². The lowest BCUT2D eigenvalue weighted by molar-refractivity contribution is 0.0580. The summed E-state index contributed by atoms with van der Waals surface area (Å²) in [5.41, 5.74) is 0.915. The highest BCUT2D eigenvalue weighted by atomic mass is 35.5. The Hall–Kier alpha value is -2.29. The van der Waals surface area contributed by atoms with Gasteiger partial charge in [-0.25, -0.2) is 19.2 Å². The summed E-state index contributed by atoms with van der Waals surface area (Å²) in [6.45, 7) is 8.78. The average Bonchev–Trinajstić information content (AvgIpc) is 2.82. The number of piperidine rings is 1. The second-order valence-electron chi connectivity index (χ2n) is 9.04. The predicted octanol–water partition coefficient (Wildman–Crippen LogP) is 3.62. The third kappa shape index (κ3) is 5.45. The first kappa shape index (κ1) is 23.9. The lowest BCUT2D eigenvalue weighted by Gasteiger charge is -2.49. The summed E-state index contributed by atoms with van der Waals surface area (Å²) in [6.07, 6.45) is 5.27. The maximum absolute atomic E-state index is 14.2. The van der Waals surface area contributed by atoms with Crippen LogP contribution in [0.25, 0.3) is 0 Å². The monoisotopic (exact) mass is 475 g/mol. The number of rotatable bonds is 5. The molecule has 1 aromatic carbocycles. The number of benzene rings is 1. The Bertz CT molecular complexity index is 968. The number of methoxy groups -OCH3 is 1. The van der Waals surface area contributed by atoms with Crippen molar-refractivity contribution in [2.24, 2.45) is 0 Å². The molecular weight excluding hydrogens is 445 g/mol. The van der Waals surface area contributed by atoms with Gasteiger partial charge in [-0.05, 0) is 51.9 Å². The zero-order valence-electron chi connectivity index (χ0n) is 19.4. The zero-order chi connectivity index (χ0) is 23.5. The first-order chi connectivity index (χ1) is 15.9. The van der Waals surface area contributed by atoms with Gasteiger partial charge >= 0.3 is 5.97 Å². The van der Waals surface area contributed by atoms with Crippen LogP contribution in [0.2, 0.25) is 5.02 Å². The summed E-state index contributed by atoms with van der Waals surface area (Å²) >= 11 is 5.88. The Morgan fingerprint density at radius 1 is 1.15 bits per heavy atom. The number of anilines is 1. The van der Waals surface area contributed by atoms with Crippen molar-refractivity contribution in [3.63, 3.8) is 0 Å². The van der Waals surface area contributed by atoms with Crippen LogP contribution in [0.5, 0.6) is 0 Å². The van der Waals surface area contributed by atoms with Gasteiger partial charge in [-0.3, -0.25) is 9.80 Å². The molecule has 7 nitrogen and oxygen atoms in total. The van der Waals surface area contributed by atoms with Crippen molar-refractivity contribution in [3.8, 4) is 0 Å². The van der Waals surface area contributed by atoms with Crippen molar-refractivity contribution in [2.75, 3.05) is 38.2 Å². The molecule has 0 saturated carbocycles. The molecule has 2 aliphatic rings. The predicted molar refractivity (Wildman–Crippen MR) is 126 cm³/mol. The maximum atomic E-state index is 14.2. The van der Waals surface area contributed by atoms with Crippen molar-refractivity contribution in [3.05, 3.63) is 52.7 Å². The van der Waals surface area contributed by atoms with Gasteiger partial charge in [0.2, 0.25) is 0 Å². The van der Waals surface area contributed by atoms with Crippen molar-refractivity contribution < 1.29 is 13.9 Å². The molecule has 0 amide bonds. The molecule has 0 bridgehead atoms. The van der Waals surface area contributed by atoms with E-state index in [1.165, 1.54) is 19.4 Å². The number of halogens is 2. The molecule has 0 aliphatic carbocycles. The topological polar surface area (TPSA) is 61.8 Å². The highest BCUT2D eigenvalue weighted by Gasteiger charge is 2.35. The lowest BCUT2D eigenvalue weighted by Crippen LogP contribution is -2.61. The fourth-order valence-corrected chi connectivity index (χ4v) is 5.12. The van der Waals surface area contributed by atoms with E-state index in [1.54, 1.807) is 18.3 Å². The van der Waals surface area contributed by atoms with Gasteiger partial charge in [0.25, 0.3) is 0 Å². The van der Waals surface area contributed by atoms with Gasteiger partial charge < -0.3 is 9.64 Å². The van der Waals surface area contributed by atoms with E-state index in [9.17, 15) is 9.18 Å². The molecule has 33 heavy (non-hydrogen) atoms. The molecule has 2 atom stereocenters. The lowest BCUT2D eigenvalue weighted by atomic mass is 9.97. The first-order valence-corrected chi connectivity index (χ1v) is 11.8. The van der Waals surface area contributed by atoms with E-state index in [2.05, 4.69) is 38.5 Å². The normalized spacial score (nSPS) is 23.0. The SMILES string of the molecule is COC(=O)c1cnc(N2C[C@H](C)N(C3CCN(Cc4ccc(Cl)cc4F)CC3)C[C@H]2C)cn1. The molecule has 0 N–H and O–H groups in total. The molecule has 4 rings (SSSR count). The molecule has 2 aromatic rings. The Morgan fingerprint density at radius 3 is 2.55 bits per heavy atom. The van der Waals surface area contributed by atoms with Crippen molar-refractivity contribution in [1.29, 1.82) is 0 Å². The van der Waals surface area contributed by atoms with Gasteiger partial charge in [0.1, 0.15) is 11.6 Å². The third-order valence-corrected chi connectivity index (χ3v) is 7.03. The number of hydrogen-bond acceptors (Lipinski definition) is 7. The van der Waals surface area contributed by atoms with Gasteiger partial charge in [0.05, 0.1) is 19.5 Å². The summed E-state index contributed by atoms with van der Waals surface area (Å²) in [4.78, 5) is 27.5. The van der Waals surface area contributed by atoms with E-state index in [4.69, 9.17) is 16.3 Å². The number of hydrogen-bond donors (Lipinski definition) is 0. The van der Waals surface area contributed by atoms with Crippen LogP contribution in [0.4, 0.5) is 10.2 Å². The van der Waals surface area contributed by atoms with Crippen molar-refractivity contribution >= 4 is 23.4 Å². The summed E-state index contributed by atoms with van der Waals surface area (Å²) in [5.74, 6) is 0.0674. The smallest absolute Gasteiger partial charge is 0.358 e. The van der Waals surface area contributed by atoms with E-state index in [-0.39, 0.29) is 17.6 Å². The summed E-state index contributed by atoms with van der Waals surface area (Å²) in [6, 6.07) is 6.09. The van der Waals surface area contributed by atoms with E-state index in [1.807, 2.05) is 0 Å². The number of nitrogens with zero attached hydrogens (tertiary/aromatic N) is 5. The zero-order valence-corrected chi connectivity index (χ0v) is 20.1. The van der Waals surface area contributed by atoms with E-state index in [0.717, 1.165) is 44.8 Å². The molecular formula is C24H31ClFN5O2. The molecule has 0 spiro atoms. The number of carbonyl (C=O) groups is 1. The number of ether oxygens (including phenoxy) is 1. The molecule has 9 heteroatoms. The summed E-state index contributed by atoms with van der Waals surface area (Å²) in [7, 11) is 1.33. The van der Waals surface area contributed by atoms with Crippen LogP contribution in [-0.4, -0.2) is 77.2 Å². The van der Waals surface area contributed by atoms with Crippen LogP contribution in [0.3, 0.4) is 0 Å². The van der Waals surface area contributed by atoms with Crippen LogP contribution in [0, 0.1) is 5.82 Å². The average molecular weight is 476 g/mol. The van der Waals surface area contributed by atoms with E-state index >= 15 is 0 Å². The van der Waals surface area contributed by atoms with E-state index < -0.39 is 5.97 Å². The minimum absolute atomic E-state index is 0.214. The van der Waals surface area contributed by atoms with Crippen LogP contribution < -0.4 is 4.90 Å². The molecule has 178 valence electrons. The number of carbonyl (C=O) groups excluding carboxylic acids is 1. The Labute approximate surface area is 199 Å². The second-order valence-corrected chi connectivity index (χ2v) is 9.48. The van der Waals surface area contributed by atoms with Gasteiger partial charge in [-0.2, -0.15) is 0 Å². The fourth-order valence-electron chi connectivity index (χ4n) is 4.96. The minimum Gasteiger partial charge on any atom is -0.464 e. The standard InChI is InChI=1S/C24H31ClFN5O2/c1-16-14-31(23-12-27-22(11-28-23)24(32)33-3)17(2)13-30(16)20-6-8-29(9-7-20)15-18-4-5-19(25)10-21(18)26/h4-5,10-12,16-17,20H,6-9,13-15H2,1-3H3/t16-,17+/m0/s1. The minimum atomic E-state index is -0.481. The van der Waals surface area contributed by atoms with E-state index in [0.29, 0.717) is 29.2 Å². The number of esters is 1. The Balaban J connectivity index is 1.33. The number of piperazine rings is 1. The summed E-state index contributed by atoms with van der Waals surface area (Å²) < 4.78 is 18.9. The molecule has 1 aromatic heterocycles. The number of aromatic nitrogens is 2. The van der Waals surface area contributed by atoms with Gasteiger partial charge in [0.15, 0.2) is 5.69 Å². The maximum Gasteiger partial charge on any atom is 0.358 e. The molecule has 2 fully saturated rings. The molecule has 2 aliphatic heterocycles. The molecule has 2 saturated heterocycles. The number of likely N-dealkylation sites (tertiary alicyclic amines) is 1. The fraction of sp³-hybridized carbons (Fsp3) is 0.542. The van der Waals surface area contributed by atoms with Crippen LogP contribution >= 0.6 is 11.6 Å². The van der Waals surface area contributed by atoms with Crippen LogP contribution in [0.15, 0.2) is 30.6 Å². The third-order valence-electron chi connectivity index (χ3n) is 6.80. The van der Waals surface area contributed by atoms with Gasteiger partial charge in [-0.15, -0.1) is 0 Å².